The lowest BCUT2D eigenvalue weighted by Gasteiger charge is -2.27. The first kappa shape index (κ1) is 12.5. The van der Waals surface area contributed by atoms with Gasteiger partial charge in [0.05, 0.1) is 6.07 Å². The minimum absolute atomic E-state index is 0.366. The van der Waals surface area contributed by atoms with Crippen LogP contribution in [-0.4, -0.2) is 0 Å². The summed E-state index contributed by atoms with van der Waals surface area (Å²) in [6, 6.07) is 2.36. The van der Waals surface area contributed by atoms with Gasteiger partial charge in [-0.25, -0.2) is 0 Å². The molecule has 1 saturated carbocycles. The highest BCUT2D eigenvalue weighted by Crippen LogP contribution is 2.32. The van der Waals surface area contributed by atoms with Gasteiger partial charge < -0.3 is 0 Å². The predicted octanol–water partition coefficient (Wildman–Crippen LogP) is 4.00. The van der Waals surface area contributed by atoms with Crippen LogP contribution in [-0.2, 0) is 0 Å². The van der Waals surface area contributed by atoms with Gasteiger partial charge in [0.15, 0.2) is 0 Å². The summed E-state index contributed by atoms with van der Waals surface area (Å²) >= 11 is 0. The molecule has 0 radical (unpaired) electrons. The molecular formula is C12H23N. The molecule has 1 fully saturated rings. The fourth-order valence-corrected chi connectivity index (χ4v) is 1.91. The molecule has 0 N–H and O–H groups in total. The Bertz CT molecular complexity index is 147. The molecule has 1 rings (SSSR count). The maximum atomic E-state index is 8.67. The second-order valence-corrected chi connectivity index (χ2v) is 3.98. The second kappa shape index (κ2) is 6.95. The average molecular weight is 181 g/mol. The van der Waals surface area contributed by atoms with Gasteiger partial charge >= 0.3 is 0 Å². The van der Waals surface area contributed by atoms with Gasteiger partial charge in [-0.1, -0.05) is 27.7 Å². The van der Waals surface area contributed by atoms with Crippen LogP contribution in [0.2, 0.25) is 0 Å². The summed E-state index contributed by atoms with van der Waals surface area (Å²) in [4.78, 5) is 0. The molecule has 0 aromatic rings. The zero-order valence-corrected chi connectivity index (χ0v) is 9.51. The molecule has 0 aliphatic heterocycles. The molecule has 13 heavy (non-hydrogen) atoms. The third-order valence-corrected chi connectivity index (χ3v) is 2.90. The molecule has 0 heterocycles. The van der Waals surface area contributed by atoms with E-state index in [0.29, 0.717) is 5.92 Å². The highest BCUT2D eigenvalue weighted by molar-refractivity contribution is 4.87. The topological polar surface area (TPSA) is 23.8 Å². The summed E-state index contributed by atoms with van der Waals surface area (Å²) in [6.45, 7) is 8.58. The van der Waals surface area contributed by atoms with E-state index >= 15 is 0 Å². The second-order valence-electron chi connectivity index (χ2n) is 3.98. The van der Waals surface area contributed by atoms with E-state index in [1.807, 2.05) is 13.8 Å². The zero-order valence-electron chi connectivity index (χ0n) is 9.51. The van der Waals surface area contributed by atoms with E-state index in [-0.39, 0.29) is 0 Å². The monoisotopic (exact) mass is 181 g/mol. The molecule has 0 saturated heterocycles. The Kier molecular flexibility index (Phi) is 6.68. The summed E-state index contributed by atoms with van der Waals surface area (Å²) < 4.78 is 0. The van der Waals surface area contributed by atoms with Crippen molar-refractivity contribution in [2.45, 2.75) is 53.4 Å². The Labute approximate surface area is 83.1 Å². The highest BCUT2D eigenvalue weighted by atomic mass is 14.3. The smallest absolute Gasteiger partial charge is 0.0655 e. The zero-order chi connectivity index (χ0) is 10.3. The van der Waals surface area contributed by atoms with E-state index in [0.717, 1.165) is 24.7 Å². The molecular weight excluding hydrogens is 158 g/mol. The molecule has 0 aromatic carbocycles. The largest absolute Gasteiger partial charge is 0.198 e. The molecule has 0 amide bonds. The lowest BCUT2D eigenvalue weighted by atomic mass is 9.77. The first-order valence-corrected chi connectivity index (χ1v) is 5.63. The Balaban J connectivity index is 0.000000671. The van der Waals surface area contributed by atoms with Crippen molar-refractivity contribution in [3.63, 3.8) is 0 Å². The van der Waals surface area contributed by atoms with Crippen molar-refractivity contribution >= 4 is 0 Å². The predicted molar refractivity (Wildman–Crippen MR) is 57.2 cm³/mol. The summed E-state index contributed by atoms with van der Waals surface area (Å²) in [5.74, 6) is 2.07. The normalized spacial score (nSPS) is 27.4. The van der Waals surface area contributed by atoms with Gasteiger partial charge in [0.2, 0.25) is 0 Å². The highest BCUT2D eigenvalue weighted by Gasteiger charge is 2.22. The molecule has 1 aliphatic carbocycles. The quantitative estimate of drug-likeness (QED) is 0.600. The van der Waals surface area contributed by atoms with Crippen LogP contribution in [0, 0.1) is 29.1 Å². The molecule has 0 unspecified atom stereocenters. The van der Waals surface area contributed by atoms with Crippen molar-refractivity contribution in [2.75, 3.05) is 0 Å². The van der Waals surface area contributed by atoms with Crippen LogP contribution in [0.1, 0.15) is 53.4 Å². The third kappa shape index (κ3) is 4.31. The van der Waals surface area contributed by atoms with Crippen LogP contribution in [0.25, 0.3) is 0 Å². The van der Waals surface area contributed by atoms with Crippen molar-refractivity contribution in [3.05, 3.63) is 0 Å². The number of hydrogen-bond donors (Lipinski definition) is 0. The van der Waals surface area contributed by atoms with Crippen LogP contribution >= 0.6 is 0 Å². The van der Waals surface area contributed by atoms with Crippen LogP contribution in [0.3, 0.4) is 0 Å². The van der Waals surface area contributed by atoms with Crippen molar-refractivity contribution < 1.29 is 0 Å². The fraction of sp³-hybridized carbons (Fsp3) is 0.917. The van der Waals surface area contributed by atoms with Crippen LogP contribution in [0.4, 0.5) is 0 Å². The molecule has 76 valence electrons. The van der Waals surface area contributed by atoms with E-state index in [4.69, 9.17) is 5.26 Å². The summed E-state index contributed by atoms with van der Waals surface area (Å²) in [7, 11) is 0. The molecule has 0 atom stereocenters. The van der Waals surface area contributed by atoms with Crippen LogP contribution < -0.4 is 0 Å². The number of rotatable bonds is 1. The summed E-state index contributed by atoms with van der Waals surface area (Å²) in [5.41, 5.74) is 0. The third-order valence-electron chi connectivity index (χ3n) is 2.90. The van der Waals surface area contributed by atoms with Gasteiger partial charge in [0, 0.05) is 5.92 Å². The summed E-state index contributed by atoms with van der Waals surface area (Å²) in [5, 5.41) is 8.67. The number of hydrogen-bond acceptors (Lipinski definition) is 1. The van der Waals surface area contributed by atoms with Gasteiger partial charge in [0.25, 0.3) is 0 Å². The molecule has 0 aromatic heterocycles. The Morgan fingerprint density at radius 2 is 1.54 bits per heavy atom. The lowest BCUT2D eigenvalue weighted by Crippen LogP contribution is -2.17. The molecule has 0 bridgehead atoms. The van der Waals surface area contributed by atoms with E-state index in [1.165, 1.54) is 12.8 Å². The van der Waals surface area contributed by atoms with Crippen LogP contribution in [0.15, 0.2) is 0 Å². The molecule has 1 heteroatoms. The number of nitrogens with zero attached hydrogens (tertiary/aromatic N) is 1. The van der Waals surface area contributed by atoms with Crippen molar-refractivity contribution in [1.29, 1.82) is 5.26 Å². The van der Waals surface area contributed by atoms with Gasteiger partial charge in [-0.3, -0.25) is 0 Å². The van der Waals surface area contributed by atoms with Crippen molar-refractivity contribution in [1.82, 2.24) is 0 Å². The maximum Gasteiger partial charge on any atom is 0.0655 e. The number of nitriles is 1. The molecule has 1 aliphatic rings. The maximum absolute atomic E-state index is 8.67. The van der Waals surface area contributed by atoms with E-state index in [2.05, 4.69) is 19.9 Å². The van der Waals surface area contributed by atoms with E-state index in [1.54, 1.807) is 0 Å². The Morgan fingerprint density at radius 1 is 1.08 bits per heavy atom. The first-order chi connectivity index (χ1) is 6.24. The lowest BCUT2D eigenvalue weighted by molar-refractivity contribution is 0.251. The fourth-order valence-electron chi connectivity index (χ4n) is 1.91. The average Bonchev–Trinajstić information content (AvgIpc) is 2.21. The van der Waals surface area contributed by atoms with Gasteiger partial charge in [0.1, 0.15) is 0 Å². The van der Waals surface area contributed by atoms with E-state index < -0.39 is 0 Å². The summed E-state index contributed by atoms with van der Waals surface area (Å²) in [6.07, 6.45) is 4.82. The Hall–Kier alpha value is -0.510. The molecule has 0 spiro atoms. The van der Waals surface area contributed by atoms with Crippen LogP contribution in [0.5, 0.6) is 0 Å². The van der Waals surface area contributed by atoms with Crippen molar-refractivity contribution in [2.24, 2.45) is 17.8 Å². The van der Waals surface area contributed by atoms with E-state index in [9.17, 15) is 0 Å². The van der Waals surface area contributed by atoms with Gasteiger partial charge in [-0.05, 0) is 37.5 Å². The van der Waals surface area contributed by atoms with Gasteiger partial charge in [-0.15, -0.1) is 0 Å². The van der Waals surface area contributed by atoms with Gasteiger partial charge in [-0.2, -0.15) is 5.26 Å². The van der Waals surface area contributed by atoms with Crippen molar-refractivity contribution in [3.8, 4) is 6.07 Å². The minimum atomic E-state index is 0.366. The first-order valence-electron chi connectivity index (χ1n) is 5.63. The molecule has 1 nitrogen and oxygen atoms in total. The Morgan fingerprint density at radius 3 is 1.85 bits per heavy atom. The SMILES string of the molecule is CC.CC(C)C1CCC(C#N)CC1. The standard InChI is InChI=1S/C10H17N.C2H6/c1-8(2)10-5-3-9(7-11)4-6-10;1-2/h8-10H,3-6H2,1-2H3;1-2H3. The minimum Gasteiger partial charge on any atom is -0.198 e.